The Bertz CT molecular complexity index is 569. The summed E-state index contributed by atoms with van der Waals surface area (Å²) in [5.74, 6) is -1.29. The van der Waals surface area contributed by atoms with Crippen LogP contribution in [0.15, 0.2) is 29.2 Å². The quantitative estimate of drug-likeness (QED) is 0.780. The molecule has 0 radical (unpaired) electrons. The molecule has 7 heteroatoms. The number of esters is 1. The van der Waals surface area contributed by atoms with Gasteiger partial charge in [0, 0.05) is 6.54 Å². The zero-order chi connectivity index (χ0) is 16.0. The van der Waals surface area contributed by atoms with Crippen LogP contribution in [0.25, 0.3) is 0 Å². The average molecular weight is 317 g/mol. The highest BCUT2D eigenvalue weighted by molar-refractivity contribution is 7.89. The van der Waals surface area contributed by atoms with E-state index in [1.165, 1.54) is 19.2 Å². The summed E-state index contributed by atoms with van der Waals surface area (Å²) < 4.78 is 44.0. The summed E-state index contributed by atoms with van der Waals surface area (Å²) in [7, 11) is -2.51. The molecule has 1 N–H and O–H groups in total. The fourth-order valence-corrected chi connectivity index (χ4v) is 2.99. The van der Waals surface area contributed by atoms with Gasteiger partial charge in [0.2, 0.25) is 10.0 Å². The second kappa shape index (κ2) is 7.51. The van der Waals surface area contributed by atoms with Crippen molar-refractivity contribution in [2.75, 3.05) is 13.7 Å². The minimum absolute atomic E-state index is 0.0444. The molecule has 21 heavy (non-hydrogen) atoms. The van der Waals surface area contributed by atoms with Gasteiger partial charge in [0.1, 0.15) is 5.82 Å². The number of benzene rings is 1. The third-order valence-electron chi connectivity index (χ3n) is 2.93. The van der Waals surface area contributed by atoms with Gasteiger partial charge in [-0.1, -0.05) is 13.8 Å². The lowest BCUT2D eigenvalue weighted by Crippen LogP contribution is -2.34. The zero-order valence-electron chi connectivity index (χ0n) is 12.3. The molecule has 1 rings (SSSR count). The van der Waals surface area contributed by atoms with E-state index in [9.17, 15) is 17.6 Å². The van der Waals surface area contributed by atoms with E-state index in [1.807, 2.05) is 13.8 Å². The molecule has 0 aliphatic heterocycles. The van der Waals surface area contributed by atoms with E-state index in [0.29, 0.717) is 6.42 Å². The van der Waals surface area contributed by atoms with Gasteiger partial charge in [-0.05, 0) is 36.6 Å². The summed E-state index contributed by atoms with van der Waals surface area (Å²) in [4.78, 5) is 11.6. The molecule has 5 nitrogen and oxygen atoms in total. The molecule has 0 spiro atoms. The summed E-state index contributed by atoms with van der Waals surface area (Å²) >= 11 is 0. The lowest BCUT2D eigenvalue weighted by molar-refractivity contribution is -0.145. The SMILES string of the molecule is COC(=O)C(CNS(=O)(=O)c1ccc(F)cc1)CC(C)C. The average Bonchev–Trinajstić information content (AvgIpc) is 2.42. The summed E-state index contributed by atoms with van der Waals surface area (Å²) in [6, 6.07) is 4.49. The summed E-state index contributed by atoms with van der Waals surface area (Å²) in [5, 5.41) is 0. The van der Waals surface area contributed by atoms with Crippen LogP contribution >= 0.6 is 0 Å². The molecule has 0 aliphatic carbocycles. The van der Waals surface area contributed by atoms with Crippen LogP contribution in [0.5, 0.6) is 0 Å². The Morgan fingerprint density at radius 2 is 1.86 bits per heavy atom. The van der Waals surface area contributed by atoms with Crippen molar-refractivity contribution in [1.29, 1.82) is 0 Å². The molecule has 0 saturated heterocycles. The van der Waals surface area contributed by atoms with Crippen LogP contribution in [-0.2, 0) is 19.6 Å². The van der Waals surface area contributed by atoms with Gasteiger partial charge in [0.05, 0.1) is 17.9 Å². The van der Waals surface area contributed by atoms with Crippen LogP contribution < -0.4 is 4.72 Å². The molecule has 0 aliphatic rings. The number of rotatable bonds is 7. The van der Waals surface area contributed by atoms with E-state index < -0.39 is 27.7 Å². The molecule has 118 valence electrons. The molecule has 1 aromatic carbocycles. The highest BCUT2D eigenvalue weighted by atomic mass is 32.2. The Morgan fingerprint density at radius 1 is 1.29 bits per heavy atom. The minimum atomic E-state index is -3.77. The first-order valence-electron chi connectivity index (χ1n) is 6.59. The zero-order valence-corrected chi connectivity index (χ0v) is 13.1. The van der Waals surface area contributed by atoms with E-state index in [4.69, 9.17) is 0 Å². The fraction of sp³-hybridized carbons (Fsp3) is 0.500. The van der Waals surface area contributed by atoms with Crippen molar-refractivity contribution in [3.8, 4) is 0 Å². The van der Waals surface area contributed by atoms with Gasteiger partial charge in [-0.15, -0.1) is 0 Å². The minimum Gasteiger partial charge on any atom is -0.469 e. The van der Waals surface area contributed by atoms with Crippen LogP contribution in [0.2, 0.25) is 0 Å². The second-order valence-electron chi connectivity index (χ2n) is 5.16. The fourth-order valence-electron chi connectivity index (χ4n) is 1.91. The van der Waals surface area contributed by atoms with Crippen molar-refractivity contribution in [3.63, 3.8) is 0 Å². The van der Waals surface area contributed by atoms with Crippen molar-refractivity contribution in [2.45, 2.75) is 25.2 Å². The number of carbonyl (C=O) groups excluding carboxylic acids is 1. The van der Waals surface area contributed by atoms with Crippen LogP contribution in [0.3, 0.4) is 0 Å². The largest absolute Gasteiger partial charge is 0.469 e. The van der Waals surface area contributed by atoms with E-state index in [1.54, 1.807) is 0 Å². The molecular weight excluding hydrogens is 297 g/mol. The molecule has 0 bridgehead atoms. The third kappa shape index (κ3) is 5.43. The van der Waals surface area contributed by atoms with E-state index >= 15 is 0 Å². The number of nitrogens with one attached hydrogen (secondary N) is 1. The van der Waals surface area contributed by atoms with Gasteiger partial charge in [-0.2, -0.15) is 0 Å². The molecule has 1 aromatic rings. The predicted molar refractivity (Wildman–Crippen MR) is 76.5 cm³/mol. The van der Waals surface area contributed by atoms with Crippen LogP contribution in [0, 0.1) is 17.7 Å². The lowest BCUT2D eigenvalue weighted by atomic mass is 9.97. The van der Waals surface area contributed by atoms with Gasteiger partial charge < -0.3 is 4.74 Å². The highest BCUT2D eigenvalue weighted by Crippen LogP contribution is 2.15. The van der Waals surface area contributed by atoms with Crippen molar-refractivity contribution < 1.29 is 22.3 Å². The predicted octanol–water partition coefficient (Wildman–Crippen LogP) is 1.94. The first kappa shape index (κ1) is 17.6. The maximum atomic E-state index is 12.8. The Labute approximate surface area is 124 Å². The molecule has 1 unspecified atom stereocenters. The molecule has 0 saturated carbocycles. The van der Waals surface area contributed by atoms with Crippen molar-refractivity contribution in [2.24, 2.45) is 11.8 Å². The van der Waals surface area contributed by atoms with Crippen LogP contribution in [0.1, 0.15) is 20.3 Å². The smallest absolute Gasteiger partial charge is 0.309 e. The topological polar surface area (TPSA) is 72.5 Å². The number of methoxy groups -OCH3 is 1. The van der Waals surface area contributed by atoms with Gasteiger partial charge in [-0.3, -0.25) is 4.79 Å². The number of carbonyl (C=O) groups is 1. The second-order valence-corrected chi connectivity index (χ2v) is 6.92. The number of halogens is 1. The van der Waals surface area contributed by atoms with Gasteiger partial charge in [0.15, 0.2) is 0 Å². The monoisotopic (exact) mass is 317 g/mol. The third-order valence-corrected chi connectivity index (χ3v) is 4.37. The Balaban J connectivity index is 2.78. The van der Waals surface area contributed by atoms with E-state index in [-0.39, 0.29) is 17.4 Å². The van der Waals surface area contributed by atoms with Crippen LogP contribution in [-0.4, -0.2) is 28.0 Å². The Kier molecular flexibility index (Phi) is 6.29. The number of hydrogen-bond acceptors (Lipinski definition) is 4. The highest BCUT2D eigenvalue weighted by Gasteiger charge is 2.23. The van der Waals surface area contributed by atoms with Crippen LogP contribution in [0.4, 0.5) is 4.39 Å². The molecule has 0 amide bonds. The van der Waals surface area contributed by atoms with E-state index in [2.05, 4.69) is 9.46 Å². The number of sulfonamides is 1. The van der Waals surface area contributed by atoms with Gasteiger partial charge >= 0.3 is 5.97 Å². The van der Waals surface area contributed by atoms with Crippen molar-refractivity contribution >= 4 is 16.0 Å². The first-order chi connectivity index (χ1) is 9.76. The Hall–Kier alpha value is -1.47. The summed E-state index contributed by atoms with van der Waals surface area (Å²) in [6.45, 7) is 3.82. The molecule has 0 fully saturated rings. The first-order valence-corrected chi connectivity index (χ1v) is 8.07. The van der Waals surface area contributed by atoms with Crippen molar-refractivity contribution in [1.82, 2.24) is 4.72 Å². The Morgan fingerprint density at radius 3 is 2.33 bits per heavy atom. The van der Waals surface area contributed by atoms with Gasteiger partial charge in [-0.25, -0.2) is 17.5 Å². The number of hydrogen-bond donors (Lipinski definition) is 1. The maximum absolute atomic E-state index is 12.8. The lowest BCUT2D eigenvalue weighted by Gasteiger charge is -2.17. The maximum Gasteiger partial charge on any atom is 0.309 e. The normalized spacial score (nSPS) is 13.2. The molecule has 0 heterocycles. The van der Waals surface area contributed by atoms with Crippen molar-refractivity contribution in [3.05, 3.63) is 30.1 Å². The molecule has 1 atom stereocenters. The van der Waals surface area contributed by atoms with Gasteiger partial charge in [0.25, 0.3) is 0 Å². The standard InChI is InChI=1S/C14H20FNO4S/c1-10(2)8-11(14(17)20-3)9-16-21(18,19)13-6-4-12(15)5-7-13/h4-7,10-11,16H,8-9H2,1-3H3. The van der Waals surface area contributed by atoms with E-state index in [0.717, 1.165) is 12.1 Å². The molecule has 0 aromatic heterocycles. The summed E-state index contributed by atoms with van der Waals surface area (Å²) in [5.41, 5.74) is 0. The molecular formula is C14H20FNO4S. The number of ether oxygens (including phenoxy) is 1. The summed E-state index contributed by atoms with van der Waals surface area (Å²) in [6.07, 6.45) is 0.513.